The van der Waals surface area contributed by atoms with E-state index in [0.717, 1.165) is 23.5 Å². The molecule has 3 rings (SSSR count). The van der Waals surface area contributed by atoms with E-state index in [1.807, 2.05) is 0 Å². The zero-order valence-corrected chi connectivity index (χ0v) is 14.8. The van der Waals surface area contributed by atoms with Crippen molar-refractivity contribution in [2.45, 2.75) is 6.18 Å². The second kappa shape index (κ2) is 7.45. The van der Waals surface area contributed by atoms with Gasteiger partial charge in [0.25, 0.3) is 11.8 Å². The molecule has 10 heteroatoms. The Kier molecular flexibility index (Phi) is 5.24. The molecule has 140 valence electrons. The number of carbonyl (C=O) groups is 2. The van der Waals surface area contributed by atoms with Crippen LogP contribution in [0.4, 0.5) is 23.9 Å². The molecule has 5 nitrogen and oxygen atoms in total. The van der Waals surface area contributed by atoms with Gasteiger partial charge in [-0.25, -0.2) is 0 Å². The lowest BCUT2D eigenvalue weighted by Crippen LogP contribution is -2.12. The van der Waals surface area contributed by atoms with E-state index < -0.39 is 28.6 Å². The fraction of sp³-hybridized carbons (Fsp3) is 0.0588. The topological polar surface area (TPSA) is 71.3 Å². The van der Waals surface area contributed by atoms with Gasteiger partial charge >= 0.3 is 6.18 Å². The van der Waals surface area contributed by atoms with E-state index in [1.54, 1.807) is 6.07 Å². The van der Waals surface area contributed by atoms with Gasteiger partial charge in [-0.05, 0) is 42.5 Å². The number of nitrogens with one attached hydrogen (secondary N) is 2. The van der Waals surface area contributed by atoms with Gasteiger partial charge in [0, 0.05) is 5.69 Å². The number of amides is 2. The number of anilines is 2. The third-order valence-electron chi connectivity index (χ3n) is 3.34. The zero-order chi connectivity index (χ0) is 19.6. The summed E-state index contributed by atoms with van der Waals surface area (Å²) < 4.78 is 43.6. The van der Waals surface area contributed by atoms with Crippen molar-refractivity contribution in [1.82, 2.24) is 0 Å². The maximum Gasteiger partial charge on any atom is 0.417 e. The molecule has 2 amide bonds. The number of carbonyl (C=O) groups excluding carboxylic acids is 2. The summed E-state index contributed by atoms with van der Waals surface area (Å²) >= 11 is 6.51. The first kappa shape index (κ1) is 19.0. The van der Waals surface area contributed by atoms with Crippen molar-refractivity contribution in [3.63, 3.8) is 0 Å². The lowest BCUT2D eigenvalue weighted by atomic mass is 10.2. The van der Waals surface area contributed by atoms with E-state index >= 15 is 0 Å². The van der Waals surface area contributed by atoms with Crippen LogP contribution in [0.15, 0.2) is 53.1 Å². The fourth-order valence-electron chi connectivity index (χ4n) is 2.12. The third-order valence-corrected chi connectivity index (χ3v) is 4.67. The molecule has 0 atom stereocenters. The highest BCUT2D eigenvalue weighted by Gasteiger charge is 2.33. The molecule has 0 unspecified atom stereocenters. The Morgan fingerprint density at radius 1 is 1.04 bits per heavy atom. The van der Waals surface area contributed by atoms with Crippen LogP contribution in [0, 0.1) is 0 Å². The van der Waals surface area contributed by atoms with Crippen LogP contribution in [0.3, 0.4) is 0 Å². The van der Waals surface area contributed by atoms with E-state index in [4.69, 9.17) is 16.0 Å². The van der Waals surface area contributed by atoms with Crippen LogP contribution in [-0.2, 0) is 6.18 Å². The quantitative estimate of drug-likeness (QED) is 0.590. The Labute approximate surface area is 159 Å². The van der Waals surface area contributed by atoms with Crippen LogP contribution >= 0.6 is 22.9 Å². The summed E-state index contributed by atoms with van der Waals surface area (Å²) in [5.41, 5.74) is -1.09. The monoisotopic (exact) mass is 414 g/mol. The molecule has 0 saturated carbocycles. The largest absolute Gasteiger partial charge is 0.459 e. The normalized spacial score (nSPS) is 11.3. The Hall–Kier alpha value is -2.78. The van der Waals surface area contributed by atoms with E-state index in [9.17, 15) is 22.8 Å². The number of hydrogen-bond donors (Lipinski definition) is 2. The molecule has 27 heavy (non-hydrogen) atoms. The van der Waals surface area contributed by atoms with Crippen molar-refractivity contribution in [2.75, 3.05) is 10.6 Å². The molecule has 0 bridgehead atoms. The molecule has 2 N–H and O–H groups in total. The highest BCUT2D eigenvalue weighted by molar-refractivity contribution is 7.18. The standard InChI is InChI=1S/C17H10ClF3N2O3S/c18-11-4-3-9(8-10(11)17(19,20)21)22-16(25)13-5-6-14(27-13)23-15(24)12-2-1-7-26-12/h1-8H,(H,22,25)(H,23,24). The van der Waals surface area contributed by atoms with Gasteiger partial charge in [0.05, 0.1) is 26.7 Å². The molecule has 2 heterocycles. The number of alkyl halides is 3. The van der Waals surface area contributed by atoms with Crippen LogP contribution in [0.25, 0.3) is 0 Å². The summed E-state index contributed by atoms with van der Waals surface area (Å²) in [6, 6.07) is 9.07. The van der Waals surface area contributed by atoms with Gasteiger partial charge in [-0.15, -0.1) is 11.3 Å². The summed E-state index contributed by atoms with van der Waals surface area (Å²) in [7, 11) is 0. The molecule has 0 aliphatic carbocycles. The first-order chi connectivity index (χ1) is 12.7. The van der Waals surface area contributed by atoms with Crippen LogP contribution in [0.2, 0.25) is 5.02 Å². The van der Waals surface area contributed by atoms with Gasteiger partial charge in [-0.1, -0.05) is 11.6 Å². The minimum Gasteiger partial charge on any atom is -0.459 e. The average Bonchev–Trinajstić information content (AvgIpc) is 3.27. The molecule has 3 aromatic rings. The third kappa shape index (κ3) is 4.50. The smallest absolute Gasteiger partial charge is 0.417 e. The Morgan fingerprint density at radius 3 is 2.48 bits per heavy atom. The second-order valence-corrected chi connectivity index (χ2v) is 6.73. The van der Waals surface area contributed by atoms with E-state index in [2.05, 4.69) is 10.6 Å². The predicted octanol–water partition coefficient (Wildman–Crippen LogP) is 5.52. The Morgan fingerprint density at radius 2 is 1.81 bits per heavy atom. The van der Waals surface area contributed by atoms with Crippen LogP contribution < -0.4 is 10.6 Å². The van der Waals surface area contributed by atoms with Gasteiger partial charge in [0.2, 0.25) is 0 Å². The first-order valence-corrected chi connectivity index (χ1v) is 8.56. The zero-order valence-electron chi connectivity index (χ0n) is 13.3. The second-order valence-electron chi connectivity index (χ2n) is 5.24. The molecule has 0 saturated heterocycles. The lowest BCUT2D eigenvalue weighted by molar-refractivity contribution is -0.137. The molecule has 1 aromatic carbocycles. The summed E-state index contributed by atoms with van der Waals surface area (Å²) in [5.74, 6) is -0.995. The van der Waals surface area contributed by atoms with Gasteiger partial charge < -0.3 is 15.1 Å². The number of thiophene rings is 1. The van der Waals surface area contributed by atoms with Gasteiger partial charge in [-0.3, -0.25) is 9.59 Å². The molecule has 0 spiro atoms. The van der Waals surface area contributed by atoms with Gasteiger partial charge in [0.15, 0.2) is 5.76 Å². The minimum absolute atomic E-state index is 0.0497. The van der Waals surface area contributed by atoms with Crippen molar-refractivity contribution in [1.29, 1.82) is 0 Å². The number of rotatable bonds is 4. The molecule has 2 aromatic heterocycles. The van der Waals surface area contributed by atoms with E-state index in [0.29, 0.717) is 5.00 Å². The Bertz CT molecular complexity index is 984. The van der Waals surface area contributed by atoms with Crippen molar-refractivity contribution in [3.8, 4) is 0 Å². The number of halogens is 4. The number of benzene rings is 1. The van der Waals surface area contributed by atoms with Gasteiger partial charge in [0.1, 0.15) is 0 Å². The van der Waals surface area contributed by atoms with Crippen molar-refractivity contribution in [3.05, 3.63) is 70.0 Å². The maximum atomic E-state index is 12.9. The highest BCUT2D eigenvalue weighted by Crippen LogP contribution is 2.36. The number of hydrogen-bond acceptors (Lipinski definition) is 4. The molecule has 0 radical (unpaired) electrons. The van der Waals surface area contributed by atoms with E-state index in [1.165, 1.54) is 30.5 Å². The highest BCUT2D eigenvalue weighted by atomic mass is 35.5. The van der Waals surface area contributed by atoms with E-state index in [-0.39, 0.29) is 16.3 Å². The lowest BCUT2D eigenvalue weighted by Gasteiger charge is -2.11. The molecular formula is C17H10ClF3N2O3S. The van der Waals surface area contributed by atoms with Crippen molar-refractivity contribution in [2.24, 2.45) is 0 Å². The molecule has 0 aliphatic heterocycles. The fourth-order valence-corrected chi connectivity index (χ4v) is 3.14. The average molecular weight is 415 g/mol. The molecular weight excluding hydrogens is 405 g/mol. The first-order valence-electron chi connectivity index (χ1n) is 7.37. The van der Waals surface area contributed by atoms with Gasteiger partial charge in [-0.2, -0.15) is 13.2 Å². The van der Waals surface area contributed by atoms with Crippen molar-refractivity contribution >= 4 is 45.4 Å². The molecule has 0 aliphatic rings. The Balaban J connectivity index is 1.70. The maximum absolute atomic E-state index is 12.9. The van der Waals surface area contributed by atoms with Crippen LogP contribution in [0.1, 0.15) is 25.8 Å². The number of furan rings is 1. The van der Waals surface area contributed by atoms with Crippen molar-refractivity contribution < 1.29 is 27.2 Å². The summed E-state index contributed by atoms with van der Waals surface area (Å²) in [4.78, 5) is 24.3. The molecule has 0 fully saturated rings. The SMILES string of the molecule is O=C(Nc1ccc(C(=O)Nc2ccc(Cl)c(C(F)(F)F)c2)s1)c1ccco1. The van der Waals surface area contributed by atoms with Crippen LogP contribution in [0.5, 0.6) is 0 Å². The predicted molar refractivity (Wildman–Crippen MR) is 95.4 cm³/mol. The minimum atomic E-state index is -4.63. The van der Waals surface area contributed by atoms with Crippen LogP contribution in [-0.4, -0.2) is 11.8 Å². The summed E-state index contributed by atoms with van der Waals surface area (Å²) in [5, 5.41) is 4.86. The summed E-state index contributed by atoms with van der Waals surface area (Å²) in [6.07, 6.45) is -3.28. The summed E-state index contributed by atoms with van der Waals surface area (Å²) in [6.45, 7) is 0.